The molecule has 0 spiro atoms. The number of carbonyl (C=O) groups excluding carboxylic acids is 1. The summed E-state index contributed by atoms with van der Waals surface area (Å²) in [6.45, 7) is 1.54. The highest BCUT2D eigenvalue weighted by Gasteiger charge is 2.17. The van der Waals surface area contributed by atoms with Crippen molar-refractivity contribution in [3.63, 3.8) is 0 Å². The van der Waals surface area contributed by atoms with Crippen LogP contribution in [-0.4, -0.2) is 27.1 Å². The highest BCUT2D eigenvalue weighted by Crippen LogP contribution is 2.20. The van der Waals surface area contributed by atoms with E-state index in [2.05, 4.69) is 5.32 Å². The second kappa shape index (κ2) is 6.78. The normalized spacial score (nSPS) is 11.1. The number of anilines is 2. The van der Waals surface area contributed by atoms with Crippen molar-refractivity contribution in [1.29, 1.82) is 0 Å². The van der Waals surface area contributed by atoms with Gasteiger partial charge in [-0.3, -0.25) is 9.10 Å². The number of para-hydroxylation sites is 1. The maximum atomic E-state index is 13.6. The molecule has 0 atom stereocenters. The predicted molar refractivity (Wildman–Crippen MR) is 88.7 cm³/mol. The molecule has 1 amide bonds. The molecule has 0 aliphatic carbocycles. The number of nitrogens with zero attached hydrogens (tertiary/aromatic N) is 1. The monoisotopic (exact) mass is 336 g/mol. The van der Waals surface area contributed by atoms with Crippen LogP contribution < -0.4 is 9.62 Å². The molecule has 7 heteroatoms. The van der Waals surface area contributed by atoms with Gasteiger partial charge in [-0.1, -0.05) is 18.2 Å². The van der Waals surface area contributed by atoms with Crippen molar-refractivity contribution in [3.8, 4) is 0 Å². The van der Waals surface area contributed by atoms with E-state index in [9.17, 15) is 17.6 Å². The minimum Gasteiger partial charge on any atom is -0.319 e. The second-order valence-electron chi connectivity index (χ2n) is 4.85. The quantitative estimate of drug-likeness (QED) is 0.913. The molecule has 2 rings (SSSR count). The molecule has 0 aliphatic rings. The van der Waals surface area contributed by atoms with Gasteiger partial charge in [0.15, 0.2) is 0 Å². The molecule has 0 fully saturated rings. The summed E-state index contributed by atoms with van der Waals surface area (Å²) >= 11 is 0. The first-order valence-corrected chi connectivity index (χ1v) is 8.58. The zero-order valence-electron chi connectivity index (χ0n) is 12.8. The van der Waals surface area contributed by atoms with E-state index in [1.807, 2.05) is 0 Å². The van der Waals surface area contributed by atoms with E-state index in [-0.39, 0.29) is 17.0 Å². The van der Waals surface area contributed by atoms with Crippen LogP contribution in [0, 0.1) is 5.82 Å². The predicted octanol–water partition coefficient (Wildman–Crippen LogP) is 2.86. The molecule has 122 valence electrons. The van der Waals surface area contributed by atoms with E-state index in [0.717, 1.165) is 4.31 Å². The summed E-state index contributed by atoms with van der Waals surface area (Å²) in [5.74, 6) is -1.10. The Balaban J connectivity index is 2.26. The van der Waals surface area contributed by atoms with Crippen molar-refractivity contribution in [2.24, 2.45) is 0 Å². The molecular formula is C16H17FN2O3S. The average Bonchev–Trinajstić information content (AvgIpc) is 2.56. The molecule has 0 aromatic heterocycles. The summed E-state index contributed by atoms with van der Waals surface area (Å²) in [5.41, 5.74) is 0.675. The largest absolute Gasteiger partial charge is 0.319 e. The van der Waals surface area contributed by atoms with E-state index >= 15 is 0 Å². The molecule has 2 aromatic carbocycles. The van der Waals surface area contributed by atoms with Crippen molar-refractivity contribution in [2.75, 3.05) is 22.4 Å². The summed E-state index contributed by atoms with van der Waals surface area (Å²) in [4.78, 5) is 12.2. The third-order valence-corrected chi connectivity index (χ3v) is 5.15. The van der Waals surface area contributed by atoms with Crippen LogP contribution in [0.15, 0.2) is 48.5 Å². The maximum absolute atomic E-state index is 13.6. The molecule has 2 aromatic rings. The van der Waals surface area contributed by atoms with Gasteiger partial charge >= 0.3 is 0 Å². The first kappa shape index (κ1) is 17.0. The van der Waals surface area contributed by atoms with Crippen LogP contribution in [0.3, 0.4) is 0 Å². The highest BCUT2D eigenvalue weighted by molar-refractivity contribution is 7.92. The molecule has 5 nitrogen and oxygen atoms in total. The number of nitrogens with one attached hydrogen (secondary N) is 1. The van der Waals surface area contributed by atoms with Gasteiger partial charge in [0.25, 0.3) is 5.91 Å². The number of hydrogen-bond donors (Lipinski definition) is 1. The lowest BCUT2D eigenvalue weighted by molar-refractivity contribution is 0.102. The summed E-state index contributed by atoms with van der Waals surface area (Å²) < 4.78 is 38.5. The molecule has 0 radical (unpaired) electrons. The number of amides is 1. The van der Waals surface area contributed by atoms with Gasteiger partial charge in [-0.2, -0.15) is 0 Å². The molecule has 0 unspecified atom stereocenters. The van der Waals surface area contributed by atoms with Gasteiger partial charge in [0.1, 0.15) is 5.82 Å². The molecule has 0 saturated heterocycles. The van der Waals surface area contributed by atoms with E-state index in [1.54, 1.807) is 25.1 Å². The first-order chi connectivity index (χ1) is 10.8. The molecular weight excluding hydrogens is 319 g/mol. The fraction of sp³-hybridized carbons (Fsp3) is 0.188. The Kier molecular flexibility index (Phi) is 5.00. The number of rotatable bonds is 5. The summed E-state index contributed by atoms with van der Waals surface area (Å²) in [7, 11) is -1.99. The maximum Gasteiger partial charge on any atom is 0.255 e. The Hall–Kier alpha value is -2.41. The third kappa shape index (κ3) is 3.87. The smallest absolute Gasteiger partial charge is 0.255 e. The minimum atomic E-state index is -3.42. The summed E-state index contributed by atoms with van der Waals surface area (Å²) in [6.07, 6.45) is 0. The van der Waals surface area contributed by atoms with Gasteiger partial charge in [-0.05, 0) is 37.3 Å². The van der Waals surface area contributed by atoms with Crippen molar-refractivity contribution in [1.82, 2.24) is 0 Å². The number of carbonyl (C=O) groups is 1. The van der Waals surface area contributed by atoms with Gasteiger partial charge < -0.3 is 5.32 Å². The standard InChI is InChI=1S/C16H17FN2O3S/c1-3-23(21,22)19(2)13-8-6-7-12(11-13)16(20)18-15-10-5-4-9-14(15)17/h4-11H,3H2,1-2H3,(H,18,20). The fourth-order valence-corrected chi connectivity index (χ4v) is 2.78. The van der Waals surface area contributed by atoms with Crippen LogP contribution in [0.2, 0.25) is 0 Å². The Morgan fingerprint density at radius 3 is 2.52 bits per heavy atom. The van der Waals surface area contributed by atoms with Gasteiger partial charge in [-0.25, -0.2) is 12.8 Å². The van der Waals surface area contributed by atoms with Crippen LogP contribution in [0.4, 0.5) is 15.8 Å². The van der Waals surface area contributed by atoms with Crippen molar-refractivity contribution >= 4 is 27.3 Å². The Labute approximate surface area is 134 Å². The van der Waals surface area contributed by atoms with Gasteiger partial charge in [0, 0.05) is 12.6 Å². The van der Waals surface area contributed by atoms with Crippen LogP contribution in [0.1, 0.15) is 17.3 Å². The molecule has 0 aliphatic heterocycles. The number of halogens is 1. The van der Waals surface area contributed by atoms with Gasteiger partial charge in [0.2, 0.25) is 10.0 Å². The molecule has 23 heavy (non-hydrogen) atoms. The zero-order chi connectivity index (χ0) is 17.0. The lowest BCUT2D eigenvalue weighted by atomic mass is 10.2. The average molecular weight is 336 g/mol. The first-order valence-electron chi connectivity index (χ1n) is 6.97. The molecule has 0 saturated carbocycles. The molecule has 0 bridgehead atoms. The topological polar surface area (TPSA) is 66.5 Å². The Bertz CT molecular complexity index is 822. The van der Waals surface area contributed by atoms with E-state index in [0.29, 0.717) is 5.69 Å². The van der Waals surface area contributed by atoms with Gasteiger partial charge in [-0.15, -0.1) is 0 Å². The molecule has 1 N–H and O–H groups in total. The van der Waals surface area contributed by atoms with Crippen LogP contribution in [0.5, 0.6) is 0 Å². The van der Waals surface area contributed by atoms with E-state index in [4.69, 9.17) is 0 Å². The third-order valence-electron chi connectivity index (χ3n) is 3.38. The van der Waals surface area contributed by atoms with Crippen molar-refractivity contribution in [2.45, 2.75) is 6.92 Å². The van der Waals surface area contributed by atoms with Gasteiger partial charge in [0.05, 0.1) is 17.1 Å². The number of hydrogen-bond acceptors (Lipinski definition) is 3. The second-order valence-corrected chi connectivity index (χ2v) is 7.14. The zero-order valence-corrected chi connectivity index (χ0v) is 13.6. The summed E-state index contributed by atoms with van der Waals surface area (Å²) in [6, 6.07) is 12.0. The summed E-state index contributed by atoms with van der Waals surface area (Å²) in [5, 5.41) is 2.46. The van der Waals surface area contributed by atoms with Crippen LogP contribution in [-0.2, 0) is 10.0 Å². The number of sulfonamides is 1. The van der Waals surface area contributed by atoms with Crippen LogP contribution in [0.25, 0.3) is 0 Å². The minimum absolute atomic E-state index is 0.0465. The Morgan fingerprint density at radius 1 is 1.17 bits per heavy atom. The molecule has 0 heterocycles. The Morgan fingerprint density at radius 2 is 1.87 bits per heavy atom. The highest BCUT2D eigenvalue weighted by atomic mass is 32.2. The van der Waals surface area contributed by atoms with Crippen LogP contribution >= 0.6 is 0 Å². The lowest BCUT2D eigenvalue weighted by Crippen LogP contribution is -2.28. The van der Waals surface area contributed by atoms with Crippen molar-refractivity contribution in [3.05, 3.63) is 59.9 Å². The van der Waals surface area contributed by atoms with E-state index < -0.39 is 21.7 Å². The fourth-order valence-electron chi connectivity index (χ4n) is 1.95. The van der Waals surface area contributed by atoms with E-state index in [1.165, 1.54) is 37.4 Å². The SMILES string of the molecule is CCS(=O)(=O)N(C)c1cccc(C(=O)Nc2ccccc2F)c1. The lowest BCUT2D eigenvalue weighted by Gasteiger charge is -2.19. The van der Waals surface area contributed by atoms with Crippen molar-refractivity contribution < 1.29 is 17.6 Å². The number of benzene rings is 2.